The first-order valence-corrected chi connectivity index (χ1v) is 6.01. The number of hydrogen-bond donors (Lipinski definition) is 2. The number of hydrogen-bond acceptors (Lipinski definition) is 5. The Balaban J connectivity index is 2.22. The second-order valence-corrected chi connectivity index (χ2v) is 4.21. The van der Waals surface area contributed by atoms with Gasteiger partial charge in [-0.2, -0.15) is 0 Å². The topological polar surface area (TPSA) is 63.5 Å². The van der Waals surface area contributed by atoms with Crippen molar-refractivity contribution in [2.24, 2.45) is 0 Å². The highest BCUT2D eigenvalue weighted by molar-refractivity contribution is 5.65. The van der Waals surface area contributed by atoms with Crippen molar-refractivity contribution in [3.05, 3.63) is 18.6 Å². The standard InChI is InChI=1S/C12H19N5O/c1-9(4-7-18-3)15-11-12-14-5-6-17(12)8-10(13-2)16-11/h5-6,8-9,13H,4,7H2,1-3H3,(H,15,16). The molecule has 18 heavy (non-hydrogen) atoms. The van der Waals surface area contributed by atoms with Crippen molar-refractivity contribution in [2.45, 2.75) is 19.4 Å². The van der Waals surface area contributed by atoms with Crippen LogP contribution in [-0.4, -0.2) is 41.2 Å². The third-order valence-electron chi connectivity index (χ3n) is 2.77. The van der Waals surface area contributed by atoms with Crippen LogP contribution in [0.5, 0.6) is 0 Å². The first kappa shape index (κ1) is 12.6. The number of nitrogens with one attached hydrogen (secondary N) is 2. The van der Waals surface area contributed by atoms with Crippen LogP contribution in [-0.2, 0) is 4.74 Å². The van der Waals surface area contributed by atoms with E-state index in [0.29, 0.717) is 0 Å². The predicted octanol–water partition coefficient (Wildman–Crippen LogP) is 1.61. The number of imidazole rings is 1. The summed E-state index contributed by atoms with van der Waals surface area (Å²) in [6.07, 6.45) is 6.51. The van der Waals surface area contributed by atoms with Crippen molar-refractivity contribution >= 4 is 17.3 Å². The molecule has 0 fully saturated rings. The molecule has 2 rings (SSSR count). The summed E-state index contributed by atoms with van der Waals surface area (Å²) >= 11 is 0. The first-order chi connectivity index (χ1) is 8.74. The minimum absolute atomic E-state index is 0.282. The van der Waals surface area contributed by atoms with E-state index in [2.05, 4.69) is 27.5 Å². The van der Waals surface area contributed by atoms with Gasteiger partial charge in [-0.15, -0.1) is 0 Å². The van der Waals surface area contributed by atoms with Gasteiger partial charge in [0.05, 0.1) is 6.20 Å². The van der Waals surface area contributed by atoms with Crippen molar-refractivity contribution in [1.29, 1.82) is 0 Å². The van der Waals surface area contributed by atoms with E-state index in [9.17, 15) is 0 Å². The summed E-state index contributed by atoms with van der Waals surface area (Å²) in [4.78, 5) is 8.80. The lowest BCUT2D eigenvalue weighted by Crippen LogP contribution is -2.19. The van der Waals surface area contributed by atoms with E-state index in [1.54, 1.807) is 13.3 Å². The molecule has 1 unspecified atom stereocenters. The molecule has 0 aromatic carbocycles. The lowest BCUT2D eigenvalue weighted by atomic mass is 10.2. The number of aromatic nitrogens is 3. The van der Waals surface area contributed by atoms with Gasteiger partial charge < -0.3 is 19.8 Å². The minimum atomic E-state index is 0.282. The van der Waals surface area contributed by atoms with Crippen LogP contribution in [0.3, 0.4) is 0 Å². The van der Waals surface area contributed by atoms with Crippen molar-refractivity contribution in [3.8, 4) is 0 Å². The average Bonchev–Trinajstić information content (AvgIpc) is 2.84. The quantitative estimate of drug-likeness (QED) is 0.814. The number of rotatable bonds is 6. The maximum absolute atomic E-state index is 5.07. The lowest BCUT2D eigenvalue weighted by Gasteiger charge is -2.15. The zero-order valence-electron chi connectivity index (χ0n) is 11.0. The maximum atomic E-state index is 5.07. The third kappa shape index (κ3) is 2.70. The maximum Gasteiger partial charge on any atom is 0.180 e. The molecule has 6 heteroatoms. The summed E-state index contributed by atoms with van der Waals surface area (Å²) in [6, 6.07) is 0.282. The van der Waals surface area contributed by atoms with E-state index < -0.39 is 0 Å². The van der Waals surface area contributed by atoms with Gasteiger partial charge in [-0.3, -0.25) is 0 Å². The Labute approximate surface area is 106 Å². The molecule has 0 aliphatic heterocycles. The van der Waals surface area contributed by atoms with Crippen LogP contribution in [0.15, 0.2) is 18.6 Å². The second-order valence-electron chi connectivity index (χ2n) is 4.21. The summed E-state index contributed by atoms with van der Waals surface area (Å²) in [5, 5.41) is 6.41. The SMILES string of the molecule is CNc1cn2ccnc2c(NC(C)CCOC)n1. The first-order valence-electron chi connectivity index (χ1n) is 6.01. The molecule has 0 saturated heterocycles. The number of fused-ring (bicyclic) bond motifs is 1. The van der Waals surface area contributed by atoms with E-state index >= 15 is 0 Å². The van der Waals surface area contributed by atoms with Gasteiger partial charge in [0.15, 0.2) is 11.5 Å². The fourth-order valence-electron chi connectivity index (χ4n) is 1.75. The Morgan fingerprint density at radius 1 is 1.50 bits per heavy atom. The third-order valence-corrected chi connectivity index (χ3v) is 2.77. The van der Waals surface area contributed by atoms with Gasteiger partial charge in [0, 0.05) is 39.2 Å². The van der Waals surface area contributed by atoms with Crippen molar-refractivity contribution in [2.75, 3.05) is 31.4 Å². The zero-order valence-corrected chi connectivity index (χ0v) is 11.0. The summed E-state index contributed by atoms with van der Waals surface area (Å²) in [6.45, 7) is 2.83. The second kappa shape index (κ2) is 5.68. The fraction of sp³-hybridized carbons (Fsp3) is 0.500. The van der Waals surface area contributed by atoms with E-state index in [-0.39, 0.29) is 6.04 Å². The predicted molar refractivity (Wildman–Crippen MR) is 72.1 cm³/mol. The number of anilines is 2. The van der Waals surface area contributed by atoms with E-state index in [1.807, 2.05) is 23.8 Å². The Hall–Kier alpha value is -1.82. The number of ether oxygens (including phenoxy) is 1. The smallest absolute Gasteiger partial charge is 0.180 e. The Bertz CT molecular complexity index is 510. The molecule has 0 bridgehead atoms. The molecule has 0 amide bonds. The highest BCUT2D eigenvalue weighted by atomic mass is 16.5. The van der Waals surface area contributed by atoms with Crippen molar-refractivity contribution in [3.63, 3.8) is 0 Å². The molecule has 0 radical (unpaired) electrons. The highest BCUT2D eigenvalue weighted by Crippen LogP contribution is 2.17. The molecule has 6 nitrogen and oxygen atoms in total. The molecule has 2 aromatic heterocycles. The van der Waals surface area contributed by atoms with Crippen molar-refractivity contribution in [1.82, 2.24) is 14.4 Å². The number of nitrogens with zero attached hydrogens (tertiary/aromatic N) is 3. The molecule has 2 N–H and O–H groups in total. The van der Waals surface area contributed by atoms with Crippen LogP contribution in [0.25, 0.3) is 5.65 Å². The zero-order chi connectivity index (χ0) is 13.0. The Kier molecular flexibility index (Phi) is 3.99. The van der Waals surface area contributed by atoms with E-state index in [4.69, 9.17) is 4.74 Å². The van der Waals surface area contributed by atoms with E-state index in [1.165, 1.54) is 0 Å². The van der Waals surface area contributed by atoms with Gasteiger partial charge in [-0.05, 0) is 13.3 Å². The van der Waals surface area contributed by atoms with Crippen LogP contribution < -0.4 is 10.6 Å². The average molecular weight is 249 g/mol. The Morgan fingerprint density at radius 2 is 2.33 bits per heavy atom. The number of methoxy groups -OCH3 is 1. The van der Waals surface area contributed by atoms with Crippen LogP contribution in [0, 0.1) is 0 Å². The van der Waals surface area contributed by atoms with Gasteiger partial charge >= 0.3 is 0 Å². The van der Waals surface area contributed by atoms with Gasteiger partial charge in [0.2, 0.25) is 0 Å². The van der Waals surface area contributed by atoms with Crippen LogP contribution >= 0.6 is 0 Å². The molecule has 0 aliphatic rings. The van der Waals surface area contributed by atoms with E-state index in [0.717, 1.165) is 30.3 Å². The van der Waals surface area contributed by atoms with Crippen molar-refractivity contribution < 1.29 is 4.74 Å². The summed E-state index contributed by atoms with van der Waals surface area (Å²) in [7, 11) is 3.56. The Morgan fingerprint density at radius 3 is 3.06 bits per heavy atom. The normalized spacial score (nSPS) is 12.6. The molecule has 1 atom stereocenters. The highest BCUT2D eigenvalue weighted by Gasteiger charge is 2.09. The van der Waals surface area contributed by atoms with Gasteiger partial charge in [0.25, 0.3) is 0 Å². The minimum Gasteiger partial charge on any atom is -0.385 e. The van der Waals surface area contributed by atoms with Gasteiger partial charge in [0.1, 0.15) is 5.82 Å². The molecule has 0 aliphatic carbocycles. The van der Waals surface area contributed by atoms with Crippen LogP contribution in [0.1, 0.15) is 13.3 Å². The largest absolute Gasteiger partial charge is 0.385 e. The molecule has 0 saturated carbocycles. The van der Waals surface area contributed by atoms with Crippen LogP contribution in [0.2, 0.25) is 0 Å². The fourth-order valence-corrected chi connectivity index (χ4v) is 1.75. The van der Waals surface area contributed by atoms with Gasteiger partial charge in [-0.1, -0.05) is 0 Å². The molecular formula is C12H19N5O. The molecular weight excluding hydrogens is 230 g/mol. The summed E-state index contributed by atoms with van der Waals surface area (Å²) in [5.74, 6) is 1.59. The molecule has 0 spiro atoms. The molecule has 2 aromatic rings. The lowest BCUT2D eigenvalue weighted by molar-refractivity contribution is 0.191. The monoisotopic (exact) mass is 249 g/mol. The molecule has 2 heterocycles. The summed E-state index contributed by atoms with van der Waals surface area (Å²) in [5.41, 5.74) is 0.832. The summed E-state index contributed by atoms with van der Waals surface area (Å²) < 4.78 is 7.02. The van der Waals surface area contributed by atoms with Crippen LogP contribution in [0.4, 0.5) is 11.6 Å². The van der Waals surface area contributed by atoms with Gasteiger partial charge in [-0.25, -0.2) is 9.97 Å². The molecule has 98 valence electrons.